The summed E-state index contributed by atoms with van der Waals surface area (Å²) in [7, 11) is 0. The predicted molar refractivity (Wildman–Crippen MR) is 370 cm³/mol. The van der Waals surface area contributed by atoms with Crippen LogP contribution in [0.15, 0.2) is 170 Å². The minimum Gasteiger partial charge on any atom is -0.0614 e. The van der Waals surface area contributed by atoms with Crippen molar-refractivity contribution in [2.45, 2.75) is 159 Å². The van der Waals surface area contributed by atoms with Crippen LogP contribution >= 0.6 is 0 Å². The molecule has 0 saturated carbocycles. The van der Waals surface area contributed by atoms with Gasteiger partial charge < -0.3 is 0 Å². The Morgan fingerprint density at radius 3 is 0.699 bits per heavy atom. The Morgan fingerprint density at radius 1 is 0.181 bits per heavy atom. The molecule has 11 aromatic rings. The number of benzene rings is 11. The van der Waals surface area contributed by atoms with Crippen molar-refractivity contribution in [2.75, 3.05) is 0 Å². The first-order valence-corrected chi connectivity index (χ1v) is 29.9. The van der Waals surface area contributed by atoms with Crippen LogP contribution in [0.4, 0.5) is 0 Å². The van der Waals surface area contributed by atoms with Crippen LogP contribution in [0.25, 0.3) is 43.4 Å². The summed E-state index contributed by atoms with van der Waals surface area (Å²) in [5.74, 6) is 0. The number of hydrogen-bond donors (Lipinski definition) is 0. The summed E-state index contributed by atoms with van der Waals surface area (Å²) in [5.41, 5.74) is 35.7. The van der Waals surface area contributed by atoms with Gasteiger partial charge >= 0.3 is 0 Å². The van der Waals surface area contributed by atoms with E-state index in [1.807, 2.05) is 0 Å². The largest absolute Gasteiger partial charge is 0.0614 e. The lowest BCUT2D eigenvalue weighted by Gasteiger charge is -2.11. The van der Waals surface area contributed by atoms with Crippen LogP contribution in [0.1, 0.15) is 134 Å². The van der Waals surface area contributed by atoms with Crippen molar-refractivity contribution in [3.05, 3.63) is 303 Å². The highest BCUT2D eigenvalue weighted by atomic mass is 14.1. The highest BCUT2D eigenvalue weighted by molar-refractivity contribution is 5.93. The highest BCUT2D eigenvalue weighted by Gasteiger charge is 2.07. The topological polar surface area (TPSA) is 0 Å². The van der Waals surface area contributed by atoms with Crippen molar-refractivity contribution >= 4 is 32.3 Å². The summed E-state index contributed by atoms with van der Waals surface area (Å²) in [6.45, 7) is 47.7. The van der Waals surface area contributed by atoms with Crippen LogP contribution in [0.3, 0.4) is 0 Å². The first-order chi connectivity index (χ1) is 39.2. The van der Waals surface area contributed by atoms with Gasteiger partial charge in [0.1, 0.15) is 0 Å². The molecular formula is C83H96. The van der Waals surface area contributed by atoms with Crippen LogP contribution in [-0.4, -0.2) is 0 Å². The van der Waals surface area contributed by atoms with Crippen molar-refractivity contribution in [3.63, 3.8) is 0 Å². The SMILES string of the molecule is Cc1cc(C)c(C)cc1C.Cc1cc2cc(C)c(C)cc2cc1C.Cc1ccc(-c2ccc(C)c(C)c2)cc1C.Cc1ccc(C)c2c(C)ccc(C)c12.Cc1ccc(Cc2ccc(C)c(C)c2)cc1C.Cc1cccc2c(C)cccc12. The average Bonchev–Trinajstić information content (AvgIpc) is 3.57. The molecular weight excluding hydrogens is 997 g/mol. The maximum atomic E-state index is 2.30. The summed E-state index contributed by atoms with van der Waals surface area (Å²) in [5, 5.41) is 8.33. The molecule has 0 unspecified atom stereocenters. The summed E-state index contributed by atoms with van der Waals surface area (Å²) >= 11 is 0. The molecule has 0 fully saturated rings. The van der Waals surface area contributed by atoms with Gasteiger partial charge in [-0.25, -0.2) is 0 Å². The maximum Gasteiger partial charge on any atom is -0.00256 e. The quantitative estimate of drug-likeness (QED) is 0.165. The third-order valence-electron chi connectivity index (χ3n) is 17.4. The van der Waals surface area contributed by atoms with Crippen LogP contribution in [-0.2, 0) is 6.42 Å². The van der Waals surface area contributed by atoms with Gasteiger partial charge in [0.2, 0.25) is 0 Å². The van der Waals surface area contributed by atoms with E-state index in [-0.39, 0.29) is 0 Å². The van der Waals surface area contributed by atoms with E-state index < -0.39 is 0 Å². The van der Waals surface area contributed by atoms with Crippen molar-refractivity contribution in [1.29, 1.82) is 0 Å². The van der Waals surface area contributed by atoms with Gasteiger partial charge in [0, 0.05) is 0 Å². The standard InChI is InChI=1S/C17H20.C16H18.2C14H16.C12H12.C10H14/c1-12-5-7-16(9-14(12)3)11-17-8-6-13(2)15(4)10-17;1-11-5-7-15(9-13(11)3)16-8-6-12(2)14(4)10-16;1-9-5-13-7-11(3)12(4)8-14(13)6-10(9)2;1-9-5-6-11(3)14-12(4)8-7-10(2)13(9)14;1-9-5-3-8-12-10(2)6-4-7-11(9)12;1-7-5-9(3)10(4)6-8(7)2/h5-10H,11H2,1-4H3;5-10H,1-4H3;2*5-8H,1-4H3;3-8H,1-2H3;5-6H,1-4H3. The zero-order chi connectivity index (χ0) is 61.0. The highest BCUT2D eigenvalue weighted by Crippen LogP contribution is 2.29. The van der Waals surface area contributed by atoms with E-state index >= 15 is 0 Å². The second kappa shape index (κ2) is 28.9. The molecule has 0 saturated heterocycles. The van der Waals surface area contributed by atoms with E-state index in [9.17, 15) is 0 Å². The third-order valence-corrected chi connectivity index (χ3v) is 17.4. The van der Waals surface area contributed by atoms with Crippen molar-refractivity contribution in [3.8, 4) is 11.1 Å². The summed E-state index contributed by atoms with van der Waals surface area (Å²) in [4.78, 5) is 0. The molecule has 11 rings (SSSR count). The van der Waals surface area contributed by atoms with Gasteiger partial charge in [-0.15, -0.1) is 0 Å². The van der Waals surface area contributed by atoms with Crippen molar-refractivity contribution in [2.24, 2.45) is 0 Å². The molecule has 0 aliphatic carbocycles. The molecule has 0 radical (unpaired) electrons. The minimum atomic E-state index is 1.03. The Balaban J connectivity index is 0.000000161. The van der Waals surface area contributed by atoms with Gasteiger partial charge in [-0.3, -0.25) is 0 Å². The second-order valence-electron chi connectivity index (χ2n) is 24.2. The molecule has 0 heteroatoms. The Labute approximate surface area is 502 Å². The van der Waals surface area contributed by atoms with Gasteiger partial charge in [0.25, 0.3) is 0 Å². The zero-order valence-corrected chi connectivity index (χ0v) is 54.9. The average molecular weight is 1090 g/mol. The monoisotopic (exact) mass is 1090 g/mol. The maximum absolute atomic E-state index is 2.30. The number of aryl methyl sites for hydroxylation is 22. The lowest BCUT2D eigenvalue weighted by Crippen LogP contribution is -1.92. The van der Waals surface area contributed by atoms with Gasteiger partial charge in [-0.1, -0.05) is 170 Å². The summed E-state index contributed by atoms with van der Waals surface area (Å²) in [6, 6.07) is 62.1. The molecule has 0 nitrogen and oxygen atoms in total. The fraction of sp³-hybridized carbons (Fsp3) is 0.277. The fourth-order valence-corrected chi connectivity index (χ4v) is 10.7. The van der Waals surface area contributed by atoms with E-state index in [0.29, 0.717) is 0 Å². The third kappa shape index (κ3) is 17.1. The molecule has 0 atom stereocenters. The number of fused-ring (bicyclic) bond motifs is 3. The summed E-state index contributed by atoms with van der Waals surface area (Å²) < 4.78 is 0. The normalized spacial score (nSPS) is 10.6. The molecule has 0 amide bonds. The van der Waals surface area contributed by atoms with Gasteiger partial charge in [-0.05, 0) is 336 Å². The minimum absolute atomic E-state index is 1.03. The van der Waals surface area contributed by atoms with E-state index in [2.05, 4.69) is 322 Å². The number of rotatable bonds is 3. The lowest BCUT2D eigenvalue weighted by atomic mass is 9.94. The van der Waals surface area contributed by atoms with Crippen LogP contribution < -0.4 is 0 Å². The zero-order valence-electron chi connectivity index (χ0n) is 54.9. The van der Waals surface area contributed by atoms with Crippen LogP contribution in [0.2, 0.25) is 0 Å². The molecule has 83 heavy (non-hydrogen) atoms. The molecule has 0 heterocycles. The van der Waals surface area contributed by atoms with Gasteiger partial charge in [0.05, 0.1) is 0 Å². The first kappa shape index (κ1) is 64.4. The van der Waals surface area contributed by atoms with E-state index in [1.54, 1.807) is 0 Å². The molecule has 0 bridgehead atoms. The van der Waals surface area contributed by atoms with E-state index in [1.165, 1.54) is 177 Å². The van der Waals surface area contributed by atoms with E-state index in [4.69, 9.17) is 0 Å². The van der Waals surface area contributed by atoms with Crippen molar-refractivity contribution < 1.29 is 0 Å². The van der Waals surface area contributed by atoms with Crippen molar-refractivity contribution in [1.82, 2.24) is 0 Å². The Bertz CT molecular complexity index is 3690. The Hall–Kier alpha value is -7.80. The molecule has 428 valence electrons. The lowest BCUT2D eigenvalue weighted by molar-refractivity contribution is 1.15. The van der Waals surface area contributed by atoms with Gasteiger partial charge in [0.15, 0.2) is 0 Å². The fourth-order valence-electron chi connectivity index (χ4n) is 10.7. The second-order valence-corrected chi connectivity index (χ2v) is 24.2. The van der Waals surface area contributed by atoms with Crippen LogP contribution in [0, 0.1) is 152 Å². The smallest absolute Gasteiger partial charge is 0.00256 e. The van der Waals surface area contributed by atoms with Gasteiger partial charge in [-0.2, -0.15) is 0 Å². The number of hydrogen-bond acceptors (Lipinski definition) is 0. The Morgan fingerprint density at radius 2 is 0.422 bits per heavy atom. The molecule has 0 aliphatic rings. The molecule has 0 N–H and O–H groups in total. The molecule has 0 aromatic heterocycles. The predicted octanol–water partition coefficient (Wildman–Crippen LogP) is 23.6. The molecule has 11 aromatic carbocycles. The van der Waals surface area contributed by atoms with Crippen LogP contribution in [0.5, 0.6) is 0 Å². The molecule has 0 aliphatic heterocycles. The Kier molecular flexibility index (Phi) is 22.4. The first-order valence-electron chi connectivity index (χ1n) is 29.9. The van der Waals surface area contributed by atoms with E-state index in [0.717, 1.165) is 6.42 Å². The summed E-state index contributed by atoms with van der Waals surface area (Å²) in [6.07, 6.45) is 1.03. The molecule has 0 spiro atoms.